The van der Waals surface area contributed by atoms with Crippen LogP contribution in [0.2, 0.25) is 0 Å². The van der Waals surface area contributed by atoms with E-state index in [2.05, 4.69) is 6.92 Å². The van der Waals surface area contributed by atoms with Crippen LogP contribution in [0.25, 0.3) is 0 Å². The molecule has 0 radical (unpaired) electrons. The van der Waals surface area contributed by atoms with E-state index in [1.165, 1.54) is 32.1 Å². The average Bonchev–Trinajstić information content (AvgIpc) is 1.84. The van der Waals surface area contributed by atoms with Gasteiger partial charge in [-0.3, -0.25) is 0 Å². The zero-order chi connectivity index (χ0) is 7.40. The third-order valence-electron chi connectivity index (χ3n) is 2.69. The van der Waals surface area contributed by atoms with Crippen LogP contribution in [0.15, 0.2) is 0 Å². The fourth-order valence-corrected chi connectivity index (χ4v) is 1.44. The molecule has 0 aliphatic heterocycles. The molecule has 1 rings (SSSR count). The second-order valence-corrected chi connectivity index (χ2v) is 3.54. The molecule has 1 nitrogen and oxygen atoms in total. The Labute approximate surface area is 64.0 Å². The van der Waals surface area contributed by atoms with Crippen LogP contribution in [0, 0.1) is 5.92 Å². The van der Waals surface area contributed by atoms with E-state index in [-0.39, 0.29) is 0 Å². The molecule has 0 spiro atoms. The van der Waals surface area contributed by atoms with Crippen LogP contribution in [0.4, 0.5) is 0 Å². The minimum absolute atomic E-state index is 0.473. The molecule has 2 N–H and O–H groups in total. The molecular formula is C9H19N. The van der Waals surface area contributed by atoms with Crippen molar-refractivity contribution in [2.24, 2.45) is 11.7 Å². The Hall–Kier alpha value is -0.0400. The van der Waals surface area contributed by atoms with Crippen LogP contribution in [-0.4, -0.2) is 6.04 Å². The zero-order valence-electron chi connectivity index (χ0n) is 6.97. The van der Waals surface area contributed by atoms with E-state index in [1.54, 1.807) is 0 Å². The minimum atomic E-state index is 0.473. The summed E-state index contributed by atoms with van der Waals surface area (Å²) in [6, 6.07) is 0.473. The highest BCUT2D eigenvalue weighted by Crippen LogP contribution is 2.30. The molecular weight excluding hydrogens is 122 g/mol. The number of nitrogens with two attached hydrogens (primary N) is 1. The highest BCUT2D eigenvalue weighted by atomic mass is 14.6. The quantitative estimate of drug-likeness (QED) is 0.638. The van der Waals surface area contributed by atoms with E-state index in [9.17, 15) is 0 Å². The van der Waals surface area contributed by atoms with E-state index in [4.69, 9.17) is 5.73 Å². The molecule has 0 aromatic rings. The SMILES string of the molecule is CCC(N)CCC1CCC1. The van der Waals surface area contributed by atoms with Gasteiger partial charge < -0.3 is 5.73 Å². The van der Waals surface area contributed by atoms with Crippen LogP contribution in [0.3, 0.4) is 0 Å². The van der Waals surface area contributed by atoms with E-state index < -0.39 is 0 Å². The van der Waals surface area contributed by atoms with Crippen LogP contribution < -0.4 is 5.73 Å². The van der Waals surface area contributed by atoms with Crippen LogP contribution >= 0.6 is 0 Å². The summed E-state index contributed by atoms with van der Waals surface area (Å²) in [5.41, 5.74) is 5.80. The first kappa shape index (κ1) is 8.06. The van der Waals surface area contributed by atoms with E-state index in [1.807, 2.05) is 0 Å². The Balaban J connectivity index is 1.93. The van der Waals surface area contributed by atoms with Crippen molar-refractivity contribution >= 4 is 0 Å². The lowest BCUT2D eigenvalue weighted by molar-refractivity contribution is 0.281. The maximum absolute atomic E-state index is 5.80. The van der Waals surface area contributed by atoms with Gasteiger partial charge in [0, 0.05) is 6.04 Å². The molecule has 60 valence electrons. The molecule has 0 bridgehead atoms. The highest BCUT2D eigenvalue weighted by molar-refractivity contribution is 4.71. The highest BCUT2D eigenvalue weighted by Gasteiger charge is 2.17. The van der Waals surface area contributed by atoms with Crippen LogP contribution in [0.5, 0.6) is 0 Å². The number of hydrogen-bond acceptors (Lipinski definition) is 1. The van der Waals surface area contributed by atoms with E-state index in [0.717, 1.165) is 12.3 Å². The Morgan fingerprint density at radius 3 is 2.60 bits per heavy atom. The third kappa shape index (κ3) is 2.30. The van der Waals surface area contributed by atoms with Gasteiger partial charge in [0.05, 0.1) is 0 Å². The van der Waals surface area contributed by atoms with Crippen LogP contribution in [-0.2, 0) is 0 Å². The fraction of sp³-hybridized carbons (Fsp3) is 1.00. The van der Waals surface area contributed by atoms with Gasteiger partial charge in [-0.25, -0.2) is 0 Å². The largest absolute Gasteiger partial charge is 0.328 e. The first-order valence-electron chi connectivity index (χ1n) is 4.58. The van der Waals surface area contributed by atoms with Crippen molar-refractivity contribution in [1.29, 1.82) is 0 Å². The number of rotatable bonds is 4. The first-order chi connectivity index (χ1) is 4.83. The monoisotopic (exact) mass is 141 g/mol. The molecule has 10 heavy (non-hydrogen) atoms. The molecule has 0 saturated heterocycles. The smallest absolute Gasteiger partial charge is 0.00363 e. The van der Waals surface area contributed by atoms with Crippen LogP contribution in [0.1, 0.15) is 45.4 Å². The molecule has 1 unspecified atom stereocenters. The van der Waals surface area contributed by atoms with Gasteiger partial charge in [-0.1, -0.05) is 26.2 Å². The van der Waals surface area contributed by atoms with Crippen molar-refractivity contribution in [2.45, 2.75) is 51.5 Å². The molecule has 0 aromatic carbocycles. The molecule has 0 heterocycles. The summed E-state index contributed by atoms with van der Waals surface area (Å²) >= 11 is 0. The third-order valence-corrected chi connectivity index (χ3v) is 2.69. The Morgan fingerprint density at radius 2 is 2.20 bits per heavy atom. The van der Waals surface area contributed by atoms with Gasteiger partial charge in [0.15, 0.2) is 0 Å². The van der Waals surface area contributed by atoms with Crippen molar-refractivity contribution in [1.82, 2.24) is 0 Å². The molecule has 0 aromatic heterocycles. The Kier molecular flexibility index (Phi) is 3.20. The van der Waals surface area contributed by atoms with E-state index >= 15 is 0 Å². The summed E-state index contributed by atoms with van der Waals surface area (Å²) in [5, 5.41) is 0. The van der Waals surface area contributed by atoms with Crippen molar-refractivity contribution < 1.29 is 0 Å². The van der Waals surface area contributed by atoms with Gasteiger partial charge in [-0.05, 0) is 25.2 Å². The van der Waals surface area contributed by atoms with Gasteiger partial charge in [0.2, 0.25) is 0 Å². The maximum atomic E-state index is 5.80. The standard InChI is InChI=1S/C9H19N/c1-2-9(10)7-6-8-4-3-5-8/h8-9H,2-7,10H2,1H3. The van der Waals surface area contributed by atoms with Gasteiger partial charge in [-0.15, -0.1) is 0 Å². The fourth-order valence-electron chi connectivity index (χ4n) is 1.44. The molecule has 1 aliphatic rings. The van der Waals surface area contributed by atoms with Gasteiger partial charge in [-0.2, -0.15) is 0 Å². The topological polar surface area (TPSA) is 26.0 Å². The summed E-state index contributed by atoms with van der Waals surface area (Å²) in [6.07, 6.45) is 8.18. The summed E-state index contributed by atoms with van der Waals surface area (Å²) in [7, 11) is 0. The minimum Gasteiger partial charge on any atom is -0.328 e. The number of hydrogen-bond donors (Lipinski definition) is 1. The van der Waals surface area contributed by atoms with Gasteiger partial charge in [0.25, 0.3) is 0 Å². The van der Waals surface area contributed by atoms with Gasteiger partial charge in [0.1, 0.15) is 0 Å². The molecule has 1 fully saturated rings. The first-order valence-corrected chi connectivity index (χ1v) is 4.58. The second-order valence-electron chi connectivity index (χ2n) is 3.54. The molecule has 1 saturated carbocycles. The molecule has 0 amide bonds. The zero-order valence-corrected chi connectivity index (χ0v) is 6.97. The summed E-state index contributed by atoms with van der Waals surface area (Å²) in [6.45, 7) is 2.17. The Morgan fingerprint density at radius 1 is 1.50 bits per heavy atom. The second kappa shape index (κ2) is 3.97. The molecule has 1 aliphatic carbocycles. The normalized spacial score (nSPS) is 22.2. The van der Waals surface area contributed by atoms with Crippen molar-refractivity contribution in [3.63, 3.8) is 0 Å². The lowest BCUT2D eigenvalue weighted by atomic mass is 9.81. The predicted molar refractivity (Wildman–Crippen MR) is 44.8 cm³/mol. The van der Waals surface area contributed by atoms with Crippen molar-refractivity contribution in [3.05, 3.63) is 0 Å². The lowest BCUT2D eigenvalue weighted by Crippen LogP contribution is -2.21. The van der Waals surface area contributed by atoms with Gasteiger partial charge >= 0.3 is 0 Å². The van der Waals surface area contributed by atoms with E-state index in [0.29, 0.717) is 6.04 Å². The summed E-state index contributed by atoms with van der Waals surface area (Å²) in [5.74, 6) is 1.04. The Bertz CT molecular complexity index is 82.0. The molecule has 1 heteroatoms. The maximum Gasteiger partial charge on any atom is 0.00363 e. The van der Waals surface area contributed by atoms with Crippen molar-refractivity contribution in [2.75, 3.05) is 0 Å². The summed E-state index contributed by atoms with van der Waals surface area (Å²) < 4.78 is 0. The lowest BCUT2D eigenvalue weighted by Gasteiger charge is -2.26. The van der Waals surface area contributed by atoms with Crippen molar-refractivity contribution in [3.8, 4) is 0 Å². The summed E-state index contributed by atoms with van der Waals surface area (Å²) in [4.78, 5) is 0. The predicted octanol–water partition coefficient (Wildman–Crippen LogP) is 2.30. The molecule has 1 atom stereocenters. The average molecular weight is 141 g/mol.